The highest BCUT2D eigenvalue weighted by Gasteiger charge is 2.44. The van der Waals surface area contributed by atoms with Crippen molar-refractivity contribution in [2.75, 3.05) is 6.61 Å². The van der Waals surface area contributed by atoms with E-state index in [4.69, 9.17) is 4.74 Å². The molecule has 1 heterocycles. The molecule has 36 heavy (non-hydrogen) atoms. The van der Waals surface area contributed by atoms with Crippen LogP contribution in [-0.2, 0) is 27.2 Å². The van der Waals surface area contributed by atoms with Gasteiger partial charge in [0.25, 0.3) is 0 Å². The molecule has 6 atom stereocenters. The first-order chi connectivity index (χ1) is 17.4. The van der Waals surface area contributed by atoms with Crippen LogP contribution in [0.25, 0.3) is 10.8 Å². The Labute approximate surface area is 208 Å². The second-order valence-electron chi connectivity index (χ2n) is 8.93. The number of ether oxygens (including phenoxy) is 1. The summed E-state index contributed by atoms with van der Waals surface area (Å²) in [6.07, 6.45) is -5.73. The zero-order valence-corrected chi connectivity index (χ0v) is 19.5. The maximum Gasteiger partial charge on any atom is 0.243 e. The van der Waals surface area contributed by atoms with Crippen molar-refractivity contribution in [3.8, 4) is 0 Å². The molecule has 1 aliphatic heterocycles. The van der Waals surface area contributed by atoms with Crippen LogP contribution in [0.3, 0.4) is 0 Å². The van der Waals surface area contributed by atoms with Gasteiger partial charge in [0, 0.05) is 6.42 Å². The van der Waals surface area contributed by atoms with Crippen molar-refractivity contribution in [3.63, 3.8) is 0 Å². The van der Waals surface area contributed by atoms with Crippen molar-refractivity contribution in [3.05, 3.63) is 83.9 Å². The van der Waals surface area contributed by atoms with Gasteiger partial charge in [-0.25, -0.2) is 0 Å². The van der Waals surface area contributed by atoms with Gasteiger partial charge in [0.1, 0.15) is 30.4 Å². The zero-order valence-electron chi connectivity index (χ0n) is 19.5. The molecule has 0 aromatic heterocycles. The summed E-state index contributed by atoms with van der Waals surface area (Å²) in [5.74, 6) is -1.03. The summed E-state index contributed by atoms with van der Waals surface area (Å²) < 4.78 is 5.12. The fourth-order valence-corrected chi connectivity index (χ4v) is 4.36. The molecule has 9 nitrogen and oxygen atoms in total. The first kappa shape index (κ1) is 25.7. The zero-order chi connectivity index (χ0) is 25.7. The lowest BCUT2D eigenvalue weighted by atomic mass is 9.96. The normalized spacial score (nSPS) is 24.7. The minimum atomic E-state index is -1.66. The van der Waals surface area contributed by atoms with Gasteiger partial charge in [0.2, 0.25) is 11.8 Å². The van der Waals surface area contributed by atoms with Crippen molar-refractivity contribution in [2.45, 2.75) is 49.5 Å². The third-order valence-corrected chi connectivity index (χ3v) is 6.32. The monoisotopic (exact) mass is 494 g/mol. The number of amides is 2. The van der Waals surface area contributed by atoms with Crippen molar-refractivity contribution in [2.24, 2.45) is 0 Å². The summed E-state index contributed by atoms with van der Waals surface area (Å²) in [6.45, 7) is -0.614. The highest BCUT2D eigenvalue weighted by Crippen LogP contribution is 2.20. The van der Waals surface area contributed by atoms with E-state index in [1.165, 1.54) is 0 Å². The lowest BCUT2D eigenvalue weighted by molar-refractivity contribution is -0.254. The van der Waals surface area contributed by atoms with Crippen molar-refractivity contribution in [1.29, 1.82) is 0 Å². The van der Waals surface area contributed by atoms with E-state index in [1.54, 1.807) is 0 Å². The SMILES string of the molecule is O=C(Cc1ccc2ccccc2c1)N[C@H](Cc1ccccc1)C(=O)N[C@H]1C(O)O[C@H](CO)[C@@H](O)[C@@H]1O. The molecular weight excluding hydrogens is 464 g/mol. The average Bonchev–Trinajstić information content (AvgIpc) is 2.88. The number of aliphatic hydroxyl groups is 4. The van der Waals surface area contributed by atoms with E-state index in [9.17, 15) is 30.0 Å². The Bertz CT molecular complexity index is 1190. The Balaban J connectivity index is 1.48. The van der Waals surface area contributed by atoms with Crippen LogP contribution in [0, 0.1) is 0 Å². The molecule has 0 saturated carbocycles. The van der Waals surface area contributed by atoms with Crippen LogP contribution in [0.2, 0.25) is 0 Å². The highest BCUT2D eigenvalue weighted by atomic mass is 16.6. The molecule has 1 unspecified atom stereocenters. The van der Waals surface area contributed by atoms with E-state index in [0.717, 1.165) is 21.9 Å². The Kier molecular flexibility index (Phi) is 8.29. The van der Waals surface area contributed by atoms with Gasteiger partial charge in [-0.1, -0.05) is 72.8 Å². The van der Waals surface area contributed by atoms with E-state index in [1.807, 2.05) is 72.8 Å². The molecule has 1 saturated heterocycles. The highest BCUT2D eigenvalue weighted by molar-refractivity contribution is 5.90. The number of carbonyl (C=O) groups is 2. The number of rotatable bonds is 8. The molecule has 6 N–H and O–H groups in total. The lowest BCUT2D eigenvalue weighted by Gasteiger charge is -2.40. The molecule has 190 valence electrons. The predicted octanol–water partition coefficient (Wildman–Crippen LogP) is 0.0259. The summed E-state index contributed by atoms with van der Waals surface area (Å²) in [7, 11) is 0. The van der Waals surface area contributed by atoms with E-state index in [-0.39, 0.29) is 18.7 Å². The van der Waals surface area contributed by atoms with Gasteiger partial charge < -0.3 is 35.8 Å². The maximum absolute atomic E-state index is 13.2. The smallest absolute Gasteiger partial charge is 0.243 e. The van der Waals surface area contributed by atoms with Gasteiger partial charge >= 0.3 is 0 Å². The van der Waals surface area contributed by atoms with Gasteiger partial charge in [0.05, 0.1) is 13.0 Å². The molecule has 4 rings (SSSR count). The molecular formula is C27H30N2O7. The van der Waals surface area contributed by atoms with Gasteiger partial charge in [-0.05, 0) is 21.9 Å². The van der Waals surface area contributed by atoms with Crippen molar-refractivity contribution in [1.82, 2.24) is 10.6 Å². The Morgan fingerprint density at radius 2 is 1.56 bits per heavy atom. The number of nitrogens with one attached hydrogen (secondary N) is 2. The van der Waals surface area contributed by atoms with Crippen molar-refractivity contribution >= 4 is 22.6 Å². The molecule has 0 spiro atoms. The second-order valence-corrected chi connectivity index (χ2v) is 8.93. The Hall–Kier alpha value is -3.34. The van der Waals surface area contributed by atoms with Crippen LogP contribution in [0.15, 0.2) is 72.8 Å². The van der Waals surface area contributed by atoms with E-state index in [2.05, 4.69) is 10.6 Å². The van der Waals surface area contributed by atoms with Gasteiger partial charge in [-0.3, -0.25) is 9.59 Å². The number of carbonyl (C=O) groups excluding carboxylic acids is 2. The van der Waals surface area contributed by atoms with Gasteiger partial charge in [0.15, 0.2) is 6.29 Å². The molecule has 1 aliphatic rings. The van der Waals surface area contributed by atoms with Gasteiger partial charge in [-0.2, -0.15) is 0 Å². The van der Waals surface area contributed by atoms with E-state index >= 15 is 0 Å². The molecule has 3 aromatic carbocycles. The quantitative estimate of drug-likeness (QED) is 0.259. The number of aliphatic hydroxyl groups excluding tert-OH is 4. The molecule has 0 radical (unpaired) electrons. The van der Waals surface area contributed by atoms with Gasteiger partial charge in [-0.15, -0.1) is 0 Å². The summed E-state index contributed by atoms with van der Waals surface area (Å²) in [5.41, 5.74) is 1.58. The van der Waals surface area contributed by atoms with Crippen molar-refractivity contribution < 1.29 is 34.8 Å². The second kappa shape index (κ2) is 11.6. The van der Waals surface area contributed by atoms with Crippen LogP contribution in [-0.4, -0.2) is 75.5 Å². The first-order valence-corrected chi connectivity index (χ1v) is 11.8. The standard InChI is InChI=1S/C27H30N2O7/c30-15-21-24(32)25(33)23(27(35)36-21)29-26(34)20(13-16-6-2-1-3-7-16)28-22(31)14-17-10-11-18-8-4-5-9-19(18)12-17/h1-12,20-21,23-25,27,30,32-33,35H,13-15H2,(H,28,31)(H,29,34)/t20-,21-,23-,24-,25-,27?/m1/s1. The van der Waals surface area contributed by atoms with Crippen LogP contribution < -0.4 is 10.6 Å². The van der Waals surface area contributed by atoms with Crippen LogP contribution in [0.1, 0.15) is 11.1 Å². The number of hydrogen-bond acceptors (Lipinski definition) is 7. The number of hydrogen-bond donors (Lipinski definition) is 6. The van der Waals surface area contributed by atoms with Crippen LogP contribution >= 0.6 is 0 Å². The average molecular weight is 495 g/mol. The lowest BCUT2D eigenvalue weighted by Crippen LogP contribution is -2.65. The Morgan fingerprint density at radius 3 is 2.28 bits per heavy atom. The third kappa shape index (κ3) is 6.07. The number of fused-ring (bicyclic) bond motifs is 1. The molecule has 0 bridgehead atoms. The van der Waals surface area contributed by atoms with E-state index < -0.39 is 49.2 Å². The number of benzene rings is 3. The van der Waals surface area contributed by atoms with E-state index in [0.29, 0.717) is 0 Å². The summed E-state index contributed by atoms with van der Waals surface area (Å²) in [5, 5.41) is 47.3. The molecule has 9 heteroatoms. The molecule has 3 aromatic rings. The molecule has 2 amide bonds. The largest absolute Gasteiger partial charge is 0.394 e. The predicted molar refractivity (Wildman–Crippen MR) is 132 cm³/mol. The third-order valence-electron chi connectivity index (χ3n) is 6.32. The summed E-state index contributed by atoms with van der Waals surface area (Å²) in [6, 6.07) is 20.2. The van der Waals surface area contributed by atoms with Crippen LogP contribution in [0.5, 0.6) is 0 Å². The summed E-state index contributed by atoms with van der Waals surface area (Å²) >= 11 is 0. The Morgan fingerprint density at radius 1 is 0.861 bits per heavy atom. The topological polar surface area (TPSA) is 148 Å². The van der Waals surface area contributed by atoms with Crippen LogP contribution in [0.4, 0.5) is 0 Å². The fraction of sp³-hybridized carbons (Fsp3) is 0.333. The molecule has 0 aliphatic carbocycles. The maximum atomic E-state index is 13.2. The summed E-state index contributed by atoms with van der Waals surface area (Å²) in [4.78, 5) is 26.1. The fourth-order valence-electron chi connectivity index (χ4n) is 4.36. The first-order valence-electron chi connectivity index (χ1n) is 11.8. The minimum absolute atomic E-state index is 0.0537. The minimum Gasteiger partial charge on any atom is -0.394 e. The molecule has 1 fully saturated rings.